The molecule has 5 nitrogen and oxygen atoms in total. The summed E-state index contributed by atoms with van der Waals surface area (Å²) in [6.07, 6.45) is 2.81. The van der Waals surface area contributed by atoms with Crippen molar-refractivity contribution < 1.29 is 9.84 Å². The first kappa shape index (κ1) is 13.3. The second kappa shape index (κ2) is 5.00. The molecule has 2 fully saturated rings. The molecule has 6 heteroatoms. The summed E-state index contributed by atoms with van der Waals surface area (Å²) < 4.78 is 10.0. The number of piperidine rings is 1. The van der Waals surface area contributed by atoms with E-state index in [1.54, 1.807) is 0 Å². The van der Waals surface area contributed by atoms with Crippen LogP contribution in [-0.2, 0) is 4.74 Å². The number of rotatable bonds is 3. The van der Waals surface area contributed by atoms with Gasteiger partial charge in [0.25, 0.3) is 0 Å². The van der Waals surface area contributed by atoms with Crippen molar-refractivity contribution in [2.24, 2.45) is 5.41 Å². The number of aliphatic hydroxyl groups excluding tert-OH is 1. The Kier molecular flexibility index (Phi) is 3.49. The molecule has 1 aliphatic heterocycles. The maximum Gasteiger partial charge on any atom is 0.205 e. The van der Waals surface area contributed by atoms with Gasteiger partial charge in [-0.1, -0.05) is 0 Å². The highest BCUT2D eigenvalue weighted by molar-refractivity contribution is 7.09. The van der Waals surface area contributed by atoms with Crippen molar-refractivity contribution in [2.75, 3.05) is 24.6 Å². The topological polar surface area (TPSA) is 58.5 Å². The normalized spacial score (nSPS) is 29.5. The Morgan fingerprint density at radius 1 is 1.47 bits per heavy atom. The number of aromatic nitrogens is 2. The molecule has 1 N–H and O–H groups in total. The standard InChI is InChI=1S/C13H21N3O2S/c1-3-18-11-8-10(17)13(11)4-6-16(7-5-13)12-14-9(2)15-19-12/h10-11,17H,3-8H2,1-2H3/t10-,11+/m1/s1. The van der Waals surface area contributed by atoms with Crippen LogP contribution in [0.2, 0.25) is 0 Å². The Balaban J connectivity index is 1.65. The SMILES string of the molecule is CCO[C@H]1C[C@@H](O)C12CCN(c1nc(C)ns1)CC2. The number of aliphatic hydroxyl groups is 1. The predicted octanol–water partition coefficient (Wildman–Crippen LogP) is 1.60. The van der Waals surface area contributed by atoms with Gasteiger partial charge in [-0.05, 0) is 26.7 Å². The maximum atomic E-state index is 10.2. The summed E-state index contributed by atoms with van der Waals surface area (Å²) >= 11 is 1.46. The third-order valence-corrected chi connectivity index (χ3v) is 5.46. The minimum atomic E-state index is -0.192. The molecular weight excluding hydrogens is 262 g/mol. The summed E-state index contributed by atoms with van der Waals surface area (Å²) in [7, 11) is 0. The maximum absolute atomic E-state index is 10.2. The van der Waals surface area contributed by atoms with Crippen molar-refractivity contribution in [3.8, 4) is 0 Å². The van der Waals surface area contributed by atoms with E-state index in [4.69, 9.17) is 4.74 Å². The Hall–Kier alpha value is -0.720. The number of anilines is 1. The first-order chi connectivity index (χ1) is 9.15. The second-order valence-corrected chi connectivity index (χ2v) is 6.27. The van der Waals surface area contributed by atoms with Gasteiger partial charge in [0.1, 0.15) is 5.82 Å². The van der Waals surface area contributed by atoms with Crippen LogP contribution in [0.5, 0.6) is 0 Å². The molecule has 0 unspecified atom stereocenters. The first-order valence-electron chi connectivity index (χ1n) is 7.00. The molecule has 0 radical (unpaired) electrons. The molecule has 0 bridgehead atoms. The lowest BCUT2D eigenvalue weighted by molar-refractivity contribution is -0.199. The average molecular weight is 283 g/mol. The van der Waals surface area contributed by atoms with Crippen molar-refractivity contribution >= 4 is 16.7 Å². The van der Waals surface area contributed by atoms with E-state index in [9.17, 15) is 5.11 Å². The Morgan fingerprint density at radius 2 is 2.21 bits per heavy atom. The average Bonchev–Trinajstić information content (AvgIpc) is 2.85. The lowest BCUT2D eigenvalue weighted by atomic mass is 9.58. The first-order valence-corrected chi connectivity index (χ1v) is 7.78. The molecule has 1 aromatic heterocycles. The summed E-state index contributed by atoms with van der Waals surface area (Å²) in [5.74, 6) is 0.844. The van der Waals surface area contributed by atoms with Crippen LogP contribution < -0.4 is 4.90 Å². The van der Waals surface area contributed by atoms with E-state index in [2.05, 4.69) is 14.3 Å². The molecule has 0 amide bonds. The number of aryl methyl sites for hydroxylation is 1. The van der Waals surface area contributed by atoms with Crippen LogP contribution in [-0.4, -0.2) is 46.4 Å². The lowest BCUT2D eigenvalue weighted by Gasteiger charge is -2.56. The predicted molar refractivity (Wildman–Crippen MR) is 74.6 cm³/mol. The zero-order chi connectivity index (χ0) is 13.5. The molecule has 3 rings (SSSR count). The van der Waals surface area contributed by atoms with Crippen LogP contribution >= 0.6 is 11.5 Å². The van der Waals surface area contributed by atoms with Crippen LogP contribution in [0, 0.1) is 12.3 Å². The third-order valence-electron chi connectivity index (χ3n) is 4.59. The molecule has 2 heterocycles. The van der Waals surface area contributed by atoms with Crippen LogP contribution in [0.1, 0.15) is 32.0 Å². The van der Waals surface area contributed by atoms with Crippen molar-refractivity contribution in [1.82, 2.24) is 9.36 Å². The van der Waals surface area contributed by atoms with Gasteiger partial charge in [-0.2, -0.15) is 4.37 Å². The minimum Gasteiger partial charge on any atom is -0.392 e. The van der Waals surface area contributed by atoms with Gasteiger partial charge in [0.05, 0.1) is 12.2 Å². The molecular formula is C13H21N3O2S. The number of hydrogen-bond acceptors (Lipinski definition) is 6. The molecule has 1 aromatic rings. The molecule has 2 aliphatic rings. The summed E-state index contributed by atoms with van der Waals surface area (Å²) in [4.78, 5) is 6.72. The molecule has 1 saturated heterocycles. The van der Waals surface area contributed by atoms with Gasteiger partial charge in [-0.3, -0.25) is 0 Å². The third kappa shape index (κ3) is 2.15. The summed E-state index contributed by atoms with van der Waals surface area (Å²) in [5, 5.41) is 11.2. The monoisotopic (exact) mass is 283 g/mol. The highest BCUT2D eigenvalue weighted by Gasteiger charge is 2.56. The summed E-state index contributed by atoms with van der Waals surface area (Å²) in [6.45, 7) is 6.56. The van der Waals surface area contributed by atoms with E-state index in [0.717, 1.165) is 49.9 Å². The Labute approximate surface area is 117 Å². The largest absolute Gasteiger partial charge is 0.392 e. The summed E-state index contributed by atoms with van der Waals surface area (Å²) in [6, 6.07) is 0. The Morgan fingerprint density at radius 3 is 2.74 bits per heavy atom. The van der Waals surface area contributed by atoms with E-state index in [1.165, 1.54) is 11.5 Å². The molecule has 1 spiro atoms. The van der Waals surface area contributed by atoms with Crippen LogP contribution in [0.25, 0.3) is 0 Å². The molecule has 19 heavy (non-hydrogen) atoms. The van der Waals surface area contributed by atoms with Crippen LogP contribution in [0.4, 0.5) is 5.13 Å². The van der Waals surface area contributed by atoms with Crippen LogP contribution in [0.3, 0.4) is 0 Å². The van der Waals surface area contributed by atoms with Gasteiger partial charge in [0.15, 0.2) is 0 Å². The zero-order valence-corrected chi connectivity index (χ0v) is 12.3. The van der Waals surface area contributed by atoms with E-state index >= 15 is 0 Å². The number of hydrogen-bond donors (Lipinski definition) is 1. The van der Waals surface area contributed by atoms with Gasteiger partial charge < -0.3 is 14.7 Å². The van der Waals surface area contributed by atoms with Crippen molar-refractivity contribution in [1.29, 1.82) is 0 Å². The quantitative estimate of drug-likeness (QED) is 0.913. The molecule has 106 valence electrons. The van der Waals surface area contributed by atoms with Crippen molar-refractivity contribution in [3.05, 3.63) is 5.82 Å². The van der Waals surface area contributed by atoms with Gasteiger partial charge in [-0.25, -0.2) is 4.98 Å². The van der Waals surface area contributed by atoms with Crippen LogP contribution in [0.15, 0.2) is 0 Å². The molecule has 2 atom stereocenters. The van der Waals surface area contributed by atoms with Crippen molar-refractivity contribution in [3.63, 3.8) is 0 Å². The molecule has 0 aromatic carbocycles. The van der Waals surface area contributed by atoms with Gasteiger partial charge in [0.2, 0.25) is 5.13 Å². The van der Waals surface area contributed by atoms with E-state index in [-0.39, 0.29) is 17.6 Å². The van der Waals surface area contributed by atoms with Gasteiger partial charge >= 0.3 is 0 Å². The number of nitrogens with zero attached hydrogens (tertiary/aromatic N) is 3. The van der Waals surface area contributed by atoms with E-state index < -0.39 is 0 Å². The smallest absolute Gasteiger partial charge is 0.205 e. The molecule has 1 aliphatic carbocycles. The van der Waals surface area contributed by atoms with Crippen molar-refractivity contribution in [2.45, 2.75) is 45.3 Å². The Bertz CT molecular complexity index is 441. The van der Waals surface area contributed by atoms with Gasteiger partial charge in [-0.15, -0.1) is 0 Å². The fourth-order valence-electron chi connectivity index (χ4n) is 3.35. The highest BCUT2D eigenvalue weighted by atomic mass is 32.1. The lowest BCUT2D eigenvalue weighted by Crippen LogP contribution is -2.62. The zero-order valence-electron chi connectivity index (χ0n) is 11.5. The summed E-state index contributed by atoms with van der Waals surface area (Å²) in [5.41, 5.74) is -0.00770. The number of ether oxygens (including phenoxy) is 1. The fourth-order valence-corrected chi connectivity index (χ4v) is 4.07. The van der Waals surface area contributed by atoms with E-state index in [1.807, 2.05) is 13.8 Å². The minimum absolute atomic E-state index is 0.00770. The van der Waals surface area contributed by atoms with Gasteiger partial charge in [0, 0.05) is 43.1 Å². The second-order valence-electron chi connectivity index (χ2n) is 5.54. The fraction of sp³-hybridized carbons (Fsp3) is 0.846. The molecule has 1 saturated carbocycles. The highest BCUT2D eigenvalue weighted by Crippen LogP contribution is 2.51. The van der Waals surface area contributed by atoms with E-state index in [0.29, 0.717) is 0 Å².